The summed E-state index contributed by atoms with van der Waals surface area (Å²) in [7, 11) is 1.99. The Morgan fingerprint density at radius 2 is 2.28 bits per heavy atom. The van der Waals surface area contributed by atoms with Crippen LogP contribution in [0.4, 0.5) is 5.82 Å². The van der Waals surface area contributed by atoms with Crippen LogP contribution in [0, 0.1) is 0 Å². The summed E-state index contributed by atoms with van der Waals surface area (Å²) in [5.41, 5.74) is 0. The molecule has 1 aromatic heterocycles. The number of nitrogens with one attached hydrogen (secondary N) is 1. The molecule has 3 nitrogen and oxygen atoms in total. The molecule has 1 atom stereocenters. The monoisotopic (exact) mass is 287 g/mol. The van der Waals surface area contributed by atoms with Crippen molar-refractivity contribution in [1.82, 2.24) is 10.3 Å². The fraction of sp³-hybridized carbons (Fsp3) is 0.615. The Labute approximate surface area is 118 Å². The molecule has 100 valence electrons. The van der Waals surface area contributed by atoms with Gasteiger partial charge in [-0.2, -0.15) is 0 Å². The van der Waals surface area contributed by atoms with Crippen LogP contribution in [-0.4, -0.2) is 31.2 Å². The van der Waals surface area contributed by atoms with E-state index in [0.717, 1.165) is 25.3 Å². The number of aromatic nitrogens is 1. The highest BCUT2D eigenvalue weighted by Gasteiger charge is 2.24. The second-order valence-corrected chi connectivity index (χ2v) is 5.54. The number of pyridine rings is 1. The molecular weight excluding hydrogens is 269 g/mol. The topological polar surface area (TPSA) is 28.2 Å². The predicted molar refractivity (Wildman–Crippen MR) is 77.8 cm³/mol. The number of hydrogen-bond acceptors (Lipinski definition) is 3. The molecule has 0 aliphatic carbocycles. The van der Waals surface area contributed by atoms with E-state index < -0.39 is 0 Å². The summed E-state index contributed by atoms with van der Waals surface area (Å²) in [5.74, 6) is 0.877. The quantitative estimate of drug-likeness (QED) is 0.921. The lowest BCUT2D eigenvalue weighted by molar-refractivity contribution is 0.430. The van der Waals surface area contributed by atoms with Crippen molar-refractivity contribution in [3.63, 3.8) is 0 Å². The number of anilines is 1. The molecule has 1 unspecified atom stereocenters. The Bertz CT molecular complexity index is 398. The summed E-state index contributed by atoms with van der Waals surface area (Å²) in [6, 6.07) is 2.30. The van der Waals surface area contributed by atoms with E-state index in [1.807, 2.05) is 7.05 Å². The van der Waals surface area contributed by atoms with Crippen molar-refractivity contribution in [3.05, 3.63) is 22.3 Å². The Balaban J connectivity index is 2.16. The smallest absolute Gasteiger partial charge is 0.147 e. The largest absolute Gasteiger partial charge is 0.352 e. The maximum atomic E-state index is 6.26. The van der Waals surface area contributed by atoms with E-state index in [4.69, 9.17) is 23.2 Å². The van der Waals surface area contributed by atoms with Gasteiger partial charge in [0.15, 0.2) is 0 Å². The van der Waals surface area contributed by atoms with Crippen molar-refractivity contribution in [1.29, 1.82) is 0 Å². The first-order valence-corrected chi connectivity index (χ1v) is 7.20. The van der Waals surface area contributed by atoms with Gasteiger partial charge < -0.3 is 10.2 Å². The van der Waals surface area contributed by atoms with Crippen LogP contribution in [-0.2, 0) is 0 Å². The van der Waals surface area contributed by atoms with Gasteiger partial charge in [-0.1, -0.05) is 23.2 Å². The minimum absolute atomic E-state index is 0.525. The van der Waals surface area contributed by atoms with Gasteiger partial charge in [0.05, 0.1) is 10.0 Å². The summed E-state index contributed by atoms with van der Waals surface area (Å²) >= 11 is 12.2. The average molecular weight is 288 g/mol. The fourth-order valence-corrected chi connectivity index (χ4v) is 3.00. The predicted octanol–water partition coefficient (Wildman–Crippen LogP) is 3.36. The van der Waals surface area contributed by atoms with Crippen molar-refractivity contribution in [2.75, 3.05) is 25.0 Å². The molecule has 0 radical (unpaired) electrons. The number of rotatable bonds is 4. The van der Waals surface area contributed by atoms with Crippen LogP contribution in [0.3, 0.4) is 0 Å². The molecule has 0 aromatic carbocycles. The summed E-state index contributed by atoms with van der Waals surface area (Å²) in [6.07, 6.45) is 6.50. The van der Waals surface area contributed by atoms with Gasteiger partial charge in [-0.25, -0.2) is 4.98 Å². The Kier molecular flexibility index (Phi) is 5.10. The lowest BCUT2D eigenvalue weighted by atomic mass is 9.99. The molecule has 1 aliphatic heterocycles. The Morgan fingerprint density at radius 1 is 1.44 bits per heavy atom. The molecule has 1 N–H and O–H groups in total. The highest BCUT2D eigenvalue weighted by molar-refractivity contribution is 6.36. The van der Waals surface area contributed by atoms with Crippen LogP contribution in [0.2, 0.25) is 10.0 Å². The van der Waals surface area contributed by atoms with E-state index in [1.54, 1.807) is 12.3 Å². The molecule has 0 amide bonds. The van der Waals surface area contributed by atoms with Crippen LogP contribution in [0.25, 0.3) is 0 Å². The second kappa shape index (κ2) is 6.60. The highest BCUT2D eigenvalue weighted by atomic mass is 35.5. The minimum atomic E-state index is 0.525. The Morgan fingerprint density at radius 3 is 3.00 bits per heavy atom. The van der Waals surface area contributed by atoms with Gasteiger partial charge >= 0.3 is 0 Å². The minimum Gasteiger partial charge on any atom is -0.352 e. The van der Waals surface area contributed by atoms with Gasteiger partial charge in [0, 0.05) is 18.8 Å². The van der Waals surface area contributed by atoms with Crippen molar-refractivity contribution in [2.45, 2.75) is 31.7 Å². The lowest BCUT2D eigenvalue weighted by Gasteiger charge is -2.37. The van der Waals surface area contributed by atoms with Crippen LogP contribution in [0.5, 0.6) is 0 Å². The molecule has 1 saturated heterocycles. The molecule has 1 fully saturated rings. The molecule has 18 heavy (non-hydrogen) atoms. The number of piperidine rings is 1. The molecule has 5 heteroatoms. The Hall–Kier alpha value is -0.510. The summed E-state index contributed by atoms with van der Waals surface area (Å²) in [6.45, 7) is 2.05. The van der Waals surface area contributed by atoms with Crippen LogP contribution >= 0.6 is 23.2 Å². The molecule has 0 saturated carbocycles. The lowest BCUT2D eigenvalue weighted by Crippen LogP contribution is -2.41. The van der Waals surface area contributed by atoms with Crippen molar-refractivity contribution < 1.29 is 0 Å². The third-order valence-electron chi connectivity index (χ3n) is 3.42. The van der Waals surface area contributed by atoms with E-state index >= 15 is 0 Å². The van der Waals surface area contributed by atoms with Gasteiger partial charge in [0.2, 0.25) is 0 Å². The first-order chi connectivity index (χ1) is 8.72. The highest BCUT2D eigenvalue weighted by Crippen LogP contribution is 2.31. The van der Waals surface area contributed by atoms with Crippen molar-refractivity contribution in [2.24, 2.45) is 0 Å². The van der Waals surface area contributed by atoms with Crippen molar-refractivity contribution >= 4 is 29.0 Å². The van der Waals surface area contributed by atoms with Gasteiger partial charge in [0.25, 0.3) is 0 Å². The zero-order chi connectivity index (χ0) is 13.0. The molecular formula is C13H19Cl2N3. The van der Waals surface area contributed by atoms with E-state index in [9.17, 15) is 0 Å². The molecule has 0 bridgehead atoms. The van der Waals surface area contributed by atoms with Gasteiger partial charge in [-0.05, 0) is 45.3 Å². The van der Waals surface area contributed by atoms with Crippen LogP contribution < -0.4 is 10.2 Å². The van der Waals surface area contributed by atoms with Crippen molar-refractivity contribution in [3.8, 4) is 0 Å². The number of nitrogens with zero attached hydrogens (tertiary/aromatic N) is 2. The van der Waals surface area contributed by atoms with E-state index in [-0.39, 0.29) is 0 Å². The molecule has 2 rings (SSSR count). The number of hydrogen-bond donors (Lipinski definition) is 1. The van der Waals surface area contributed by atoms with Gasteiger partial charge in [-0.15, -0.1) is 0 Å². The van der Waals surface area contributed by atoms with E-state index in [1.165, 1.54) is 19.3 Å². The maximum Gasteiger partial charge on any atom is 0.147 e. The van der Waals surface area contributed by atoms with E-state index in [0.29, 0.717) is 16.1 Å². The summed E-state index contributed by atoms with van der Waals surface area (Å²) in [5, 5.41) is 4.45. The molecule has 2 heterocycles. The van der Waals surface area contributed by atoms with Crippen LogP contribution in [0.1, 0.15) is 25.7 Å². The maximum absolute atomic E-state index is 6.26. The summed E-state index contributed by atoms with van der Waals surface area (Å²) < 4.78 is 0. The van der Waals surface area contributed by atoms with Crippen LogP contribution in [0.15, 0.2) is 12.3 Å². The van der Waals surface area contributed by atoms with Gasteiger partial charge in [0.1, 0.15) is 5.82 Å². The first-order valence-electron chi connectivity index (χ1n) is 6.44. The molecule has 1 aliphatic rings. The van der Waals surface area contributed by atoms with Gasteiger partial charge in [-0.3, -0.25) is 0 Å². The molecule has 1 aromatic rings. The average Bonchev–Trinajstić information content (AvgIpc) is 2.37. The molecule has 0 spiro atoms. The standard InChI is InChI=1S/C13H19Cl2N3/c1-16-6-5-11-4-2-3-7-18(11)13-12(15)8-10(14)9-17-13/h8-9,11,16H,2-7H2,1H3. The normalized spacial score (nSPS) is 20.2. The third-order valence-corrected chi connectivity index (χ3v) is 3.90. The second-order valence-electron chi connectivity index (χ2n) is 4.69. The first kappa shape index (κ1) is 13.9. The van der Waals surface area contributed by atoms with E-state index in [2.05, 4.69) is 15.2 Å². The zero-order valence-electron chi connectivity index (χ0n) is 10.6. The summed E-state index contributed by atoms with van der Waals surface area (Å²) in [4.78, 5) is 6.73. The number of halogens is 2. The fourth-order valence-electron chi connectivity index (χ4n) is 2.51. The SMILES string of the molecule is CNCCC1CCCCN1c1ncc(Cl)cc1Cl. The zero-order valence-corrected chi connectivity index (χ0v) is 12.1. The third kappa shape index (κ3) is 3.28.